The van der Waals surface area contributed by atoms with E-state index < -0.39 is 16.9 Å². The Kier molecular flexibility index (Phi) is 5.79. The zero-order valence-electron chi connectivity index (χ0n) is 16.0. The van der Waals surface area contributed by atoms with Gasteiger partial charge >= 0.3 is 5.97 Å². The van der Waals surface area contributed by atoms with Crippen LogP contribution in [0.1, 0.15) is 18.5 Å². The lowest BCUT2D eigenvalue weighted by molar-refractivity contribution is -0.385. The summed E-state index contributed by atoms with van der Waals surface area (Å²) in [5.41, 5.74) is 1.69. The van der Waals surface area contributed by atoms with Gasteiger partial charge in [0.1, 0.15) is 5.75 Å². The average Bonchev–Trinajstić information content (AvgIpc) is 2.73. The Balaban J connectivity index is 2.16. The molecule has 0 saturated carbocycles. The maximum atomic E-state index is 12.6. The number of methoxy groups -OCH3 is 2. The van der Waals surface area contributed by atoms with E-state index in [4.69, 9.17) is 21.7 Å². The number of hydrogen-bond acceptors (Lipinski definition) is 6. The summed E-state index contributed by atoms with van der Waals surface area (Å²) in [6.45, 7) is 1.73. The number of nitro benzene ring substituents is 1. The van der Waals surface area contributed by atoms with Gasteiger partial charge in [0.2, 0.25) is 0 Å². The van der Waals surface area contributed by atoms with Crippen LogP contribution in [0.4, 0.5) is 11.4 Å². The van der Waals surface area contributed by atoms with Crippen LogP contribution >= 0.6 is 12.2 Å². The van der Waals surface area contributed by atoms with Crippen LogP contribution in [-0.2, 0) is 9.53 Å². The minimum Gasteiger partial charge on any atom is -0.497 e. The van der Waals surface area contributed by atoms with E-state index in [2.05, 4.69) is 5.32 Å². The normalized spacial score (nSPS) is 16.3. The van der Waals surface area contributed by atoms with Gasteiger partial charge in [0.15, 0.2) is 5.11 Å². The molecule has 9 heteroatoms. The van der Waals surface area contributed by atoms with Crippen molar-refractivity contribution in [2.45, 2.75) is 13.0 Å². The van der Waals surface area contributed by atoms with Crippen molar-refractivity contribution >= 4 is 34.7 Å². The second-order valence-corrected chi connectivity index (χ2v) is 6.61. The molecule has 0 radical (unpaired) electrons. The Hall–Kier alpha value is -3.46. The van der Waals surface area contributed by atoms with Gasteiger partial charge in [0.05, 0.1) is 36.3 Å². The molecule has 0 bridgehead atoms. The Bertz CT molecular complexity index is 1000. The highest BCUT2D eigenvalue weighted by Gasteiger charge is 2.38. The van der Waals surface area contributed by atoms with Crippen molar-refractivity contribution in [1.29, 1.82) is 0 Å². The van der Waals surface area contributed by atoms with Gasteiger partial charge in [0, 0.05) is 17.5 Å². The number of nitro groups is 1. The molecule has 1 heterocycles. The zero-order valence-corrected chi connectivity index (χ0v) is 16.9. The second kappa shape index (κ2) is 8.27. The van der Waals surface area contributed by atoms with E-state index in [0.717, 1.165) is 0 Å². The number of anilines is 1. The molecule has 1 atom stereocenters. The fraction of sp³-hybridized carbons (Fsp3) is 0.200. The number of benzene rings is 2. The van der Waals surface area contributed by atoms with Crippen molar-refractivity contribution in [1.82, 2.24) is 5.32 Å². The molecular weight excluding hydrogens is 394 g/mol. The molecule has 3 rings (SSSR count). The van der Waals surface area contributed by atoms with Gasteiger partial charge in [-0.15, -0.1) is 0 Å². The van der Waals surface area contributed by atoms with Crippen molar-refractivity contribution in [2.75, 3.05) is 19.1 Å². The van der Waals surface area contributed by atoms with Crippen LogP contribution in [0, 0.1) is 10.1 Å². The topological polar surface area (TPSA) is 93.9 Å². The Labute approximate surface area is 172 Å². The van der Waals surface area contributed by atoms with E-state index in [1.54, 1.807) is 61.4 Å². The first-order valence-electron chi connectivity index (χ1n) is 8.66. The summed E-state index contributed by atoms with van der Waals surface area (Å²) in [6.07, 6.45) is 0. The molecule has 0 unspecified atom stereocenters. The number of nitrogens with zero attached hydrogens (tertiary/aromatic N) is 2. The molecular formula is C20H19N3O5S. The molecule has 1 aliphatic rings. The van der Waals surface area contributed by atoms with E-state index in [-0.39, 0.29) is 11.3 Å². The third-order valence-electron chi connectivity index (χ3n) is 4.67. The highest BCUT2D eigenvalue weighted by molar-refractivity contribution is 7.80. The summed E-state index contributed by atoms with van der Waals surface area (Å²) >= 11 is 5.54. The largest absolute Gasteiger partial charge is 0.497 e. The smallest absolute Gasteiger partial charge is 0.337 e. The minimum absolute atomic E-state index is 0.111. The molecule has 0 spiro atoms. The summed E-state index contributed by atoms with van der Waals surface area (Å²) < 4.78 is 10.2. The number of allylic oxidation sites excluding steroid dienone is 1. The molecule has 0 aromatic heterocycles. The van der Waals surface area contributed by atoms with Crippen LogP contribution < -0.4 is 15.0 Å². The molecule has 2 aromatic carbocycles. The zero-order chi connectivity index (χ0) is 21.1. The van der Waals surface area contributed by atoms with E-state index in [1.165, 1.54) is 13.2 Å². The predicted octanol–water partition coefficient (Wildman–Crippen LogP) is 3.49. The minimum atomic E-state index is -0.814. The first-order chi connectivity index (χ1) is 13.9. The quantitative estimate of drug-likeness (QED) is 0.345. The van der Waals surface area contributed by atoms with Gasteiger partial charge in [-0.2, -0.15) is 0 Å². The van der Waals surface area contributed by atoms with E-state index in [9.17, 15) is 14.9 Å². The third-order valence-corrected chi connectivity index (χ3v) is 4.97. The van der Waals surface area contributed by atoms with Crippen molar-refractivity contribution in [3.8, 4) is 5.75 Å². The fourth-order valence-electron chi connectivity index (χ4n) is 3.29. The van der Waals surface area contributed by atoms with Crippen LogP contribution in [0.2, 0.25) is 0 Å². The van der Waals surface area contributed by atoms with Crippen LogP contribution in [0.15, 0.2) is 59.8 Å². The van der Waals surface area contributed by atoms with Crippen LogP contribution in [-0.4, -0.2) is 30.2 Å². The second-order valence-electron chi connectivity index (χ2n) is 6.22. The summed E-state index contributed by atoms with van der Waals surface area (Å²) in [4.78, 5) is 25.4. The molecule has 2 aromatic rings. The van der Waals surface area contributed by atoms with Crippen molar-refractivity contribution < 1.29 is 19.2 Å². The van der Waals surface area contributed by atoms with Gasteiger partial charge in [-0.05, 0) is 49.5 Å². The van der Waals surface area contributed by atoms with Crippen molar-refractivity contribution in [3.63, 3.8) is 0 Å². The molecule has 0 saturated heterocycles. The van der Waals surface area contributed by atoms with Crippen LogP contribution in [0.3, 0.4) is 0 Å². The lowest BCUT2D eigenvalue weighted by atomic mass is 9.93. The molecule has 0 aliphatic carbocycles. The first kappa shape index (κ1) is 20.3. The fourth-order valence-corrected chi connectivity index (χ4v) is 3.65. The highest BCUT2D eigenvalue weighted by atomic mass is 32.1. The van der Waals surface area contributed by atoms with Crippen LogP contribution in [0.5, 0.6) is 5.75 Å². The lowest BCUT2D eigenvalue weighted by Crippen LogP contribution is -2.48. The molecule has 0 fully saturated rings. The van der Waals surface area contributed by atoms with E-state index in [0.29, 0.717) is 27.8 Å². The number of ether oxygens (including phenoxy) is 2. The Morgan fingerprint density at radius 2 is 1.83 bits per heavy atom. The molecule has 8 nitrogen and oxygen atoms in total. The SMILES string of the molecule is COC(=O)C1=C(C)N(c2ccc(OC)cc2)C(=S)N[C@@H]1c1ccccc1[N+](=O)[O-]. The molecule has 150 valence electrons. The van der Waals surface area contributed by atoms with Gasteiger partial charge < -0.3 is 14.8 Å². The number of rotatable bonds is 5. The third kappa shape index (κ3) is 3.77. The number of thiocarbonyl (C=S) groups is 1. The van der Waals surface area contributed by atoms with Gasteiger partial charge in [0.25, 0.3) is 5.69 Å². The van der Waals surface area contributed by atoms with Crippen molar-refractivity contribution in [3.05, 3.63) is 75.5 Å². The number of para-hydroxylation sites is 1. The Morgan fingerprint density at radius 3 is 2.41 bits per heavy atom. The number of carbonyl (C=O) groups excluding carboxylic acids is 1. The van der Waals surface area contributed by atoms with E-state index >= 15 is 0 Å². The highest BCUT2D eigenvalue weighted by Crippen LogP contribution is 2.37. The maximum absolute atomic E-state index is 12.6. The summed E-state index contributed by atoms with van der Waals surface area (Å²) in [7, 11) is 2.84. The summed E-state index contributed by atoms with van der Waals surface area (Å²) in [5, 5.41) is 14.9. The predicted molar refractivity (Wildman–Crippen MR) is 112 cm³/mol. The number of hydrogen-bond donors (Lipinski definition) is 1. The number of nitrogens with one attached hydrogen (secondary N) is 1. The van der Waals surface area contributed by atoms with Gasteiger partial charge in [-0.3, -0.25) is 15.0 Å². The summed E-state index contributed by atoms with van der Waals surface area (Å²) in [5.74, 6) is 0.0800. The first-order valence-corrected chi connectivity index (χ1v) is 9.07. The molecule has 1 N–H and O–H groups in total. The molecule has 1 aliphatic heterocycles. The van der Waals surface area contributed by atoms with E-state index in [1.807, 2.05) is 0 Å². The number of esters is 1. The monoisotopic (exact) mass is 413 g/mol. The summed E-state index contributed by atoms with van der Waals surface area (Å²) in [6, 6.07) is 12.6. The molecule has 29 heavy (non-hydrogen) atoms. The molecule has 0 amide bonds. The lowest BCUT2D eigenvalue weighted by Gasteiger charge is -2.37. The maximum Gasteiger partial charge on any atom is 0.337 e. The van der Waals surface area contributed by atoms with Crippen molar-refractivity contribution in [2.24, 2.45) is 0 Å². The van der Waals surface area contributed by atoms with Gasteiger partial charge in [-0.1, -0.05) is 12.1 Å². The standard InChI is InChI=1S/C20H19N3O5S/c1-12-17(19(24)28-3)18(15-6-4-5-7-16(15)23(25)26)21-20(29)22(12)13-8-10-14(27-2)11-9-13/h4-11,18H,1-3H3,(H,21,29)/t18-/m1/s1. The van der Waals surface area contributed by atoms with Crippen LogP contribution in [0.25, 0.3) is 0 Å². The Morgan fingerprint density at radius 1 is 1.17 bits per heavy atom. The number of carbonyl (C=O) groups is 1. The average molecular weight is 413 g/mol. The van der Waals surface area contributed by atoms with Gasteiger partial charge in [-0.25, -0.2) is 4.79 Å².